The number of rotatable bonds is 3. The van der Waals surface area contributed by atoms with E-state index in [4.69, 9.17) is 0 Å². The third kappa shape index (κ3) is 3.46. The standard InChI is InChI=1S/C22H27N3O/c1-17-16-23-10-9-21(17)24-11-4-12-25(14-13-24)22(26)15-19-8-7-18-5-2-3-6-20(18)19/h2-3,5-6,9-10,16,19H,4,7-8,11-15H2,1H3. The van der Waals surface area contributed by atoms with E-state index in [1.165, 1.54) is 22.4 Å². The molecule has 1 atom stereocenters. The van der Waals surface area contributed by atoms with Gasteiger partial charge in [-0.15, -0.1) is 0 Å². The summed E-state index contributed by atoms with van der Waals surface area (Å²) < 4.78 is 0. The summed E-state index contributed by atoms with van der Waals surface area (Å²) in [6.07, 6.45) is 7.68. The minimum Gasteiger partial charge on any atom is -0.369 e. The van der Waals surface area contributed by atoms with Gasteiger partial charge in [0.1, 0.15) is 0 Å². The molecular formula is C22H27N3O. The number of benzene rings is 1. The van der Waals surface area contributed by atoms with Gasteiger partial charge in [0.15, 0.2) is 0 Å². The van der Waals surface area contributed by atoms with Crippen molar-refractivity contribution >= 4 is 11.6 Å². The van der Waals surface area contributed by atoms with E-state index in [2.05, 4.69) is 52.0 Å². The van der Waals surface area contributed by atoms with Crippen molar-refractivity contribution in [3.05, 3.63) is 59.4 Å². The number of hydrogen-bond donors (Lipinski definition) is 0. The Morgan fingerprint density at radius 2 is 2.04 bits per heavy atom. The molecule has 2 aliphatic rings. The largest absolute Gasteiger partial charge is 0.369 e. The number of aryl methyl sites for hydroxylation is 2. The molecule has 1 saturated heterocycles. The second-order valence-corrected chi connectivity index (χ2v) is 7.52. The Morgan fingerprint density at radius 3 is 2.92 bits per heavy atom. The molecule has 0 spiro atoms. The third-order valence-electron chi connectivity index (χ3n) is 5.86. The van der Waals surface area contributed by atoms with Crippen LogP contribution in [0.25, 0.3) is 0 Å². The highest BCUT2D eigenvalue weighted by atomic mass is 16.2. The van der Waals surface area contributed by atoms with Crippen molar-refractivity contribution in [1.29, 1.82) is 0 Å². The minimum atomic E-state index is 0.319. The number of nitrogens with zero attached hydrogens (tertiary/aromatic N) is 3. The number of hydrogen-bond acceptors (Lipinski definition) is 3. The first kappa shape index (κ1) is 17.1. The molecule has 1 fully saturated rings. The Hall–Kier alpha value is -2.36. The van der Waals surface area contributed by atoms with E-state index in [1.807, 2.05) is 12.4 Å². The Morgan fingerprint density at radius 1 is 1.15 bits per heavy atom. The zero-order valence-electron chi connectivity index (χ0n) is 15.5. The molecule has 1 aromatic heterocycles. The maximum Gasteiger partial charge on any atom is 0.223 e. The normalized spacial score (nSPS) is 20.0. The van der Waals surface area contributed by atoms with Gasteiger partial charge in [-0.2, -0.15) is 0 Å². The van der Waals surface area contributed by atoms with Crippen LogP contribution in [0.3, 0.4) is 0 Å². The molecule has 2 heterocycles. The van der Waals surface area contributed by atoms with Crippen LogP contribution in [0.1, 0.15) is 41.9 Å². The first-order valence-electron chi connectivity index (χ1n) is 9.73. The molecule has 4 rings (SSSR count). The molecule has 1 aliphatic carbocycles. The average molecular weight is 349 g/mol. The third-order valence-corrected chi connectivity index (χ3v) is 5.86. The summed E-state index contributed by atoms with van der Waals surface area (Å²) in [4.78, 5) is 21.6. The fraction of sp³-hybridized carbons (Fsp3) is 0.455. The lowest BCUT2D eigenvalue weighted by Gasteiger charge is -2.25. The van der Waals surface area contributed by atoms with Gasteiger partial charge in [0.25, 0.3) is 0 Å². The summed E-state index contributed by atoms with van der Waals surface area (Å²) in [5, 5.41) is 0. The summed E-state index contributed by atoms with van der Waals surface area (Å²) in [7, 11) is 0. The lowest BCUT2D eigenvalue weighted by Crippen LogP contribution is -2.35. The first-order chi connectivity index (χ1) is 12.7. The van der Waals surface area contributed by atoms with Crippen molar-refractivity contribution in [2.45, 2.75) is 38.5 Å². The van der Waals surface area contributed by atoms with Crippen LogP contribution in [-0.2, 0) is 11.2 Å². The number of carbonyl (C=O) groups is 1. The van der Waals surface area contributed by atoms with Crippen molar-refractivity contribution in [2.75, 3.05) is 31.1 Å². The number of pyridine rings is 1. The number of amides is 1. The van der Waals surface area contributed by atoms with E-state index in [0.717, 1.165) is 45.4 Å². The fourth-order valence-corrected chi connectivity index (χ4v) is 4.43. The van der Waals surface area contributed by atoms with Gasteiger partial charge in [-0.3, -0.25) is 9.78 Å². The van der Waals surface area contributed by atoms with E-state index in [0.29, 0.717) is 18.2 Å². The van der Waals surface area contributed by atoms with Crippen molar-refractivity contribution in [3.63, 3.8) is 0 Å². The molecule has 1 unspecified atom stereocenters. The molecular weight excluding hydrogens is 322 g/mol. The highest BCUT2D eigenvalue weighted by molar-refractivity contribution is 5.77. The monoisotopic (exact) mass is 349 g/mol. The lowest BCUT2D eigenvalue weighted by molar-refractivity contribution is -0.131. The zero-order chi connectivity index (χ0) is 17.9. The predicted octanol–water partition coefficient (Wildman–Crippen LogP) is 3.55. The zero-order valence-corrected chi connectivity index (χ0v) is 15.5. The average Bonchev–Trinajstić information content (AvgIpc) is 2.90. The second-order valence-electron chi connectivity index (χ2n) is 7.52. The summed E-state index contributed by atoms with van der Waals surface area (Å²) in [6.45, 7) is 5.69. The van der Waals surface area contributed by atoms with E-state index in [1.54, 1.807) is 0 Å². The molecule has 1 aliphatic heterocycles. The van der Waals surface area contributed by atoms with E-state index < -0.39 is 0 Å². The van der Waals surface area contributed by atoms with E-state index in [9.17, 15) is 4.79 Å². The Kier molecular flexibility index (Phi) is 4.91. The van der Waals surface area contributed by atoms with E-state index >= 15 is 0 Å². The molecule has 4 nitrogen and oxygen atoms in total. The predicted molar refractivity (Wildman–Crippen MR) is 105 cm³/mol. The first-order valence-corrected chi connectivity index (χ1v) is 9.73. The quantitative estimate of drug-likeness (QED) is 0.850. The molecule has 2 aromatic rings. The van der Waals surface area contributed by atoms with Gasteiger partial charge in [0.05, 0.1) is 0 Å². The van der Waals surface area contributed by atoms with Crippen molar-refractivity contribution in [3.8, 4) is 0 Å². The van der Waals surface area contributed by atoms with Crippen LogP contribution < -0.4 is 4.90 Å². The van der Waals surface area contributed by atoms with Crippen LogP contribution in [0.4, 0.5) is 5.69 Å². The molecule has 4 heteroatoms. The highest BCUT2D eigenvalue weighted by Gasteiger charge is 2.27. The molecule has 26 heavy (non-hydrogen) atoms. The van der Waals surface area contributed by atoms with Crippen LogP contribution >= 0.6 is 0 Å². The molecule has 1 amide bonds. The number of anilines is 1. The van der Waals surface area contributed by atoms with Crippen molar-refractivity contribution in [1.82, 2.24) is 9.88 Å². The van der Waals surface area contributed by atoms with Gasteiger partial charge in [-0.25, -0.2) is 0 Å². The summed E-state index contributed by atoms with van der Waals surface area (Å²) in [5.74, 6) is 0.723. The molecule has 0 bridgehead atoms. The summed E-state index contributed by atoms with van der Waals surface area (Å²) >= 11 is 0. The Bertz CT molecular complexity index is 788. The number of fused-ring (bicyclic) bond motifs is 1. The van der Waals surface area contributed by atoms with Crippen LogP contribution in [-0.4, -0.2) is 42.0 Å². The second kappa shape index (κ2) is 7.48. The highest BCUT2D eigenvalue weighted by Crippen LogP contribution is 2.35. The van der Waals surface area contributed by atoms with Gasteiger partial charge in [-0.05, 0) is 54.9 Å². The summed E-state index contributed by atoms with van der Waals surface area (Å²) in [6, 6.07) is 10.7. The van der Waals surface area contributed by atoms with Crippen LogP contribution in [0, 0.1) is 6.92 Å². The maximum atomic E-state index is 12.9. The maximum absolute atomic E-state index is 12.9. The fourth-order valence-electron chi connectivity index (χ4n) is 4.43. The summed E-state index contributed by atoms with van der Waals surface area (Å²) in [5.41, 5.74) is 5.28. The Balaban J connectivity index is 1.39. The van der Waals surface area contributed by atoms with Gasteiger partial charge in [0, 0.05) is 50.7 Å². The molecule has 0 N–H and O–H groups in total. The molecule has 1 aromatic carbocycles. The number of carbonyl (C=O) groups excluding carboxylic acids is 1. The smallest absolute Gasteiger partial charge is 0.223 e. The lowest BCUT2D eigenvalue weighted by atomic mass is 9.97. The van der Waals surface area contributed by atoms with Gasteiger partial charge >= 0.3 is 0 Å². The van der Waals surface area contributed by atoms with E-state index in [-0.39, 0.29) is 0 Å². The molecule has 0 radical (unpaired) electrons. The van der Waals surface area contributed by atoms with Crippen molar-refractivity contribution < 1.29 is 4.79 Å². The topological polar surface area (TPSA) is 36.4 Å². The van der Waals surface area contributed by atoms with Crippen molar-refractivity contribution in [2.24, 2.45) is 0 Å². The molecule has 0 saturated carbocycles. The molecule has 136 valence electrons. The van der Waals surface area contributed by atoms with Crippen LogP contribution in [0.5, 0.6) is 0 Å². The SMILES string of the molecule is Cc1cnccc1N1CCCN(C(=O)CC2CCc3ccccc32)CC1. The minimum absolute atomic E-state index is 0.319. The van der Waals surface area contributed by atoms with Crippen LogP contribution in [0.15, 0.2) is 42.7 Å². The Labute approximate surface area is 155 Å². The van der Waals surface area contributed by atoms with Gasteiger partial charge in [0.2, 0.25) is 5.91 Å². The van der Waals surface area contributed by atoms with Crippen LogP contribution in [0.2, 0.25) is 0 Å². The van der Waals surface area contributed by atoms with Gasteiger partial charge in [-0.1, -0.05) is 24.3 Å². The van der Waals surface area contributed by atoms with Gasteiger partial charge < -0.3 is 9.80 Å². The number of aromatic nitrogens is 1.